The zero-order valence-electron chi connectivity index (χ0n) is 12.0. The van der Waals surface area contributed by atoms with Gasteiger partial charge in [-0.1, -0.05) is 94.0 Å². The van der Waals surface area contributed by atoms with Crippen molar-refractivity contribution < 1.29 is 0 Å². The summed E-state index contributed by atoms with van der Waals surface area (Å²) in [6, 6.07) is 20.5. The Labute approximate surface area is 138 Å². The van der Waals surface area contributed by atoms with Gasteiger partial charge in [0.25, 0.3) is 0 Å². The Balaban J connectivity index is 1.80. The van der Waals surface area contributed by atoms with Crippen molar-refractivity contribution in [3.8, 4) is 11.3 Å². The van der Waals surface area contributed by atoms with Gasteiger partial charge in [0.1, 0.15) is 5.69 Å². The summed E-state index contributed by atoms with van der Waals surface area (Å²) in [5, 5.41) is 9.32. The van der Waals surface area contributed by atoms with Crippen molar-refractivity contribution >= 4 is 22.0 Å². The van der Waals surface area contributed by atoms with Gasteiger partial charge in [-0.3, -0.25) is 0 Å². The van der Waals surface area contributed by atoms with Crippen LogP contribution in [0.4, 0.5) is 0 Å². The maximum absolute atomic E-state index is 4.27. The lowest BCUT2D eigenvalue weighted by Gasteiger charge is -2.08. The van der Waals surface area contributed by atoms with Crippen molar-refractivity contribution in [1.29, 1.82) is 0 Å². The van der Waals surface area contributed by atoms with Gasteiger partial charge in [-0.25, -0.2) is 4.68 Å². The highest BCUT2D eigenvalue weighted by Gasteiger charge is 2.09. The molecule has 3 nitrogen and oxygen atoms in total. The number of benzene rings is 2. The van der Waals surface area contributed by atoms with Crippen molar-refractivity contribution in [2.75, 3.05) is 5.33 Å². The molecule has 0 amide bonds. The zero-order valence-corrected chi connectivity index (χ0v) is 13.6. The second kappa shape index (κ2) is 7.18. The van der Waals surface area contributed by atoms with Gasteiger partial charge in [0.15, 0.2) is 0 Å². The molecule has 0 aliphatic carbocycles. The molecule has 0 bridgehead atoms. The van der Waals surface area contributed by atoms with Crippen LogP contribution in [0.2, 0.25) is 0 Å². The van der Waals surface area contributed by atoms with Crippen LogP contribution in [0, 0.1) is 0 Å². The number of nitrogens with zero attached hydrogens (tertiary/aromatic N) is 3. The molecule has 3 rings (SSSR count). The fourth-order valence-corrected chi connectivity index (χ4v) is 2.69. The minimum absolute atomic E-state index is 0.130. The van der Waals surface area contributed by atoms with Gasteiger partial charge in [0.2, 0.25) is 0 Å². The lowest BCUT2D eigenvalue weighted by Crippen LogP contribution is -2.08. The largest absolute Gasteiger partial charge is 0.244 e. The number of allylic oxidation sites excluding steroid dienone is 1. The fourth-order valence-electron chi connectivity index (χ4n) is 2.18. The standard InChI is InChI=1S/C18H16BrN3/c19-13-17(12-11-15-7-3-1-4-8-15)22-14-18(20-21-22)16-9-5-2-6-10-16/h1-12,14,17H,13H2. The van der Waals surface area contributed by atoms with Gasteiger partial charge in [0.05, 0.1) is 12.2 Å². The second-order valence-electron chi connectivity index (χ2n) is 4.94. The van der Waals surface area contributed by atoms with Crippen LogP contribution in [0.25, 0.3) is 17.3 Å². The van der Waals surface area contributed by atoms with E-state index in [4.69, 9.17) is 0 Å². The van der Waals surface area contributed by atoms with Gasteiger partial charge in [-0.15, -0.1) is 5.10 Å². The van der Waals surface area contributed by atoms with E-state index in [1.807, 2.05) is 59.4 Å². The maximum Gasteiger partial charge on any atom is 0.113 e. The van der Waals surface area contributed by atoms with E-state index in [-0.39, 0.29) is 6.04 Å². The average molecular weight is 354 g/mol. The summed E-state index contributed by atoms with van der Waals surface area (Å²) in [6.45, 7) is 0. The molecule has 0 aliphatic rings. The summed E-state index contributed by atoms with van der Waals surface area (Å²) in [7, 11) is 0. The monoisotopic (exact) mass is 353 g/mol. The third-order valence-electron chi connectivity index (χ3n) is 3.39. The topological polar surface area (TPSA) is 30.7 Å². The van der Waals surface area contributed by atoms with E-state index >= 15 is 0 Å². The minimum atomic E-state index is 0.130. The van der Waals surface area contributed by atoms with Crippen LogP contribution in [0.5, 0.6) is 0 Å². The lowest BCUT2D eigenvalue weighted by atomic mass is 10.1. The Morgan fingerprint density at radius 3 is 2.36 bits per heavy atom. The molecule has 1 aromatic heterocycles. The van der Waals surface area contributed by atoms with Gasteiger partial charge < -0.3 is 0 Å². The highest BCUT2D eigenvalue weighted by atomic mass is 79.9. The molecule has 0 fully saturated rings. The van der Waals surface area contributed by atoms with E-state index in [0.717, 1.165) is 16.6 Å². The predicted molar refractivity (Wildman–Crippen MR) is 93.8 cm³/mol. The number of halogens is 1. The van der Waals surface area contributed by atoms with E-state index in [1.54, 1.807) is 0 Å². The van der Waals surface area contributed by atoms with Crippen LogP contribution in [-0.2, 0) is 0 Å². The lowest BCUT2D eigenvalue weighted by molar-refractivity contribution is 0.568. The quantitative estimate of drug-likeness (QED) is 0.627. The van der Waals surface area contributed by atoms with Crippen LogP contribution in [0.3, 0.4) is 0 Å². The van der Waals surface area contributed by atoms with Crippen LogP contribution in [0.15, 0.2) is 72.9 Å². The minimum Gasteiger partial charge on any atom is -0.244 e. The van der Waals surface area contributed by atoms with Gasteiger partial charge in [-0.2, -0.15) is 0 Å². The first-order valence-electron chi connectivity index (χ1n) is 7.13. The van der Waals surface area contributed by atoms with Crippen LogP contribution in [-0.4, -0.2) is 20.3 Å². The van der Waals surface area contributed by atoms with Crippen molar-refractivity contribution in [2.24, 2.45) is 0 Å². The smallest absolute Gasteiger partial charge is 0.113 e. The summed E-state index contributed by atoms with van der Waals surface area (Å²) >= 11 is 3.55. The van der Waals surface area contributed by atoms with Crippen molar-refractivity contribution in [2.45, 2.75) is 6.04 Å². The first kappa shape index (κ1) is 14.7. The molecule has 0 saturated carbocycles. The Bertz CT molecular complexity index is 735. The van der Waals surface area contributed by atoms with Crippen molar-refractivity contribution in [3.05, 3.63) is 78.5 Å². The molecular weight excluding hydrogens is 338 g/mol. The predicted octanol–water partition coefficient (Wildman–Crippen LogP) is 4.59. The van der Waals surface area contributed by atoms with Gasteiger partial charge in [0, 0.05) is 10.9 Å². The molecule has 0 aliphatic heterocycles. The van der Waals surface area contributed by atoms with E-state index in [2.05, 4.69) is 50.5 Å². The summed E-state index contributed by atoms with van der Waals surface area (Å²) in [6.07, 6.45) is 6.22. The van der Waals surface area contributed by atoms with Gasteiger partial charge in [-0.05, 0) is 5.56 Å². The highest BCUT2D eigenvalue weighted by Crippen LogP contribution is 2.19. The van der Waals surface area contributed by atoms with E-state index in [1.165, 1.54) is 5.56 Å². The van der Waals surface area contributed by atoms with Gasteiger partial charge >= 0.3 is 0 Å². The molecule has 4 heteroatoms. The third kappa shape index (κ3) is 3.52. The molecule has 2 aromatic carbocycles. The molecule has 3 aromatic rings. The van der Waals surface area contributed by atoms with E-state index in [0.29, 0.717) is 0 Å². The molecule has 110 valence electrons. The molecule has 0 spiro atoms. The van der Waals surface area contributed by atoms with E-state index in [9.17, 15) is 0 Å². The van der Waals surface area contributed by atoms with E-state index < -0.39 is 0 Å². The highest BCUT2D eigenvalue weighted by molar-refractivity contribution is 9.09. The normalized spacial score (nSPS) is 12.6. The number of rotatable bonds is 5. The fraction of sp³-hybridized carbons (Fsp3) is 0.111. The van der Waals surface area contributed by atoms with Crippen LogP contribution in [0.1, 0.15) is 11.6 Å². The SMILES string of the molecule is BrCC(C=Cc1ccccc1)n1cc(-c2ccccc2)nn1. The zero-order chi connectivity index (χ0) is 15.2. The number of hydrogen-bond acceptors (Lipinski definition) is 2. The summed E-state index contributed by atoms with van der Waals surface area (Å²) in [5.74, 6) is 0. The molecule has 0 radical (unpaired) electrons. The molecule has 1 unspecified atom stereocenters. The number of hydrogen-bond donors (Lipinski definition) is 0. The first-order chi connectivity index (χ1) is 10.9. The van der Waals surface area contributed by atoms with Crippen LogP contribution < -0.4 is 0 Å². The molecular formula is C18H16BrN3. The van der Waals surface area contributed by atoms with Crippen molar-refractivity contribution in [3.63, 3.8) is 0 Å². The summed E-state index contributed by atoms with van der Waals surface area (Å²) in [5.41, 5.74) is 3.14. The number of alkyl halides is 1. The Hall–Kier alpha value is -2.20. The number of aromatic nitrogens is 3. The molecule has 1 heterocycles. The molecule has 0 N–H and O–H groups in total. The molecule has 22 heavy (non-hydrogen) atoms. The Kier molecular flexibility index (Phi) is 4.81. The van der Waals surface area contributed by atoms with Crippen molar-refractivity contribution in [1.82, 2.24) is 15.0 Å². The summed E-state index contributed by atoms with van der Waals surface area (Å²) in [4.78, 5) is 0. The molecule has 1 atom stereocenters. The average Bonchev–Trinajstić information content (AvgIpc) is 3.07. The van der Waals surface area contributed by atoms with Crippen LogP contribution >= 0.6 is 15.9 Å². The first-order valence-corrected chi connectivity index (χ1v) is 8.25. The Morgan fingerprint density at radius 1 is 1.00 bits per heavy atom. The third-order valence-corrected chi connectivity index (χ3v) is 4.05. The second-order valence-corrected chi connectivity index (χ2v) is 5.59. The summed E-state index contributed by atoms with van der Waals surface area (Å²) < 4.78 is 1.89. The Morgan fingerprint density at radius 2 is 1.68 bits per heavy atom. The molecule has 0 saturated heterocycles. The maximum atomic E-state index is 4.27.